The zero-order chi connectivity index (χ0) is 21.3. The number of para-hydroxylation sites is 1. The minimum Gasteiger partial charge on any atom is -0.481 e. The smallest absolute Gasteiger partial charge is 0.344 e. The van der Waals surface area contributed by atoms with Crippen molar-refractivity contribution in [3.63, 3.8) is 0 Å². The van der Waals surface area contributed by atoms with Crippen LogP contribution in [0.2, 0.25) is 0 Å². The highest BCUT2D eigenvalue weighted by Gasteiger charge is 2.18. The van der Waals surface area contributed by atoms with Gasteiger partial charge in [0.05, 0.1) is 0 Å². The Balaban J connectivity index is 2.08. The van der Waals surface area contributed by atoms with E-state index in [-0.39, 0.29) is 0 Å². The molecule has 0 saturated carbocycles. The molecule has 1 atom stereocenters. The van der Waals surface area contributed by atoms with Gasteiger partial charge in [0.2, 0.25) is 0 Å². The van der Waals surface area contributed by atoms with E-state index in [1.165, 1.54) is 38.5 Å². The highest BCUT2D eigenvalue weighted by Crippen LogP contribution is 2.31. The summed E-state index contributed by atoms with van der Waals surface area (Å²) in [6, 6.07) is 7.67. The Kier molecular flexibility index (Phi) is 14.1. The van der Waals surface area contributed by atoms with Crippen LogP contribution in [0.1, 0.15) is 84.0 Å². The van der Waals surface area contributed by atoms with Crippen molar-refractivity contribution >= 4 is 23.7 Å². The number of rotatable bonds is 18. The molecule has 0 aliphatic rings. The second-order valence-electron chi connectivity index (χ2n) is 7.33. The van der Waals surface area contributed by atoms with Gasteiger partial charge < -0.3 is 14.9 Å². The van der Waals surface area contributed by atoms with Crippen LogP contribution in [0.4, 0.5) is 0 Å². The molecule has 2 N–H and O–H groups in total. The van der Waals surface area contributed by atoms with Crippen LogP contribution >= 0.6 is 11.8 Å². The number of ether oxygens (including phenoxy) is 1. The molecule has 1 unspecified atom stereocenters. The van der Waals surface area contributed by atoms with Crippen molar-refractivity contribution < 1.29 is 24.5 Å². The average molecular weight is 425 g/mol. The van der Waals surface area contributed by atoms with Crippen LogP contribution in [-0.2, 0) is 9.59 Å². The third-order valence-corrected chi connectivity index (χ3v) is 5.95. The summed E-state index contributed by atoms with van der Waals surface area (Å²) in [5, 5.41) is 17.8. The van der Waals surface area contributed by atoms with Gasteiger partial charge in [-0.05, 0) is 37.1 Å². The van der Waals surface area contributed by atoms with E-state index >= 15 is 0 Å². The number of unbranched alkanes of at least 4 members (excludes halogenated alkanes) is 9. The first-order valence-electron chi connectivity index (χ1n) is 10.9. The topological polar surface area (TPSA) is 83.8 Å². The number of carboxylic acids is 2. The number of thioether (sulfide) groups is 1. The molecule has 5 nitrogen and oxygen atoms in total. The Hall–Kier alpha value is -1.69. The lowest BCUT2D eigenvalue weighted by Gasteiger charge is -2.16. The van der Waals surface area contributed by atoms with Gasteiger partial charge in [0.1, 0.15) is 5.75 Å². The molecule has 0 bridgehead atoms. The normalized spacial score (nSPS) is 11.9. The van der Waals surface area contributed by atoms with Crippen molar-refractivity contribution in [2.75, 3.05) is 5.75 Å². The van der Waals surface area contributed by atoms with Crippen molar-refractivity contribution in [3.8, 4) is 5.75 Å². The fourth-order valence-electron chi connectivity index (χ4n) is 3.10. The third-order valence-electron chi connectivity index (χ3n) is 4.81. The SMILES string of the molecule is CCC(Oc1ccccc1SCCCCCCCCCCCCC(=O)O)C(=O)O. The van der Waals surface area contributed by atoms with Crippen molar-refractivity contribution in [2.45, 2.75) is 95.0 Å². The molecule has 6 heteroatoms. The number of benzene rings is 1. The highest BCUT2D eigenvalue weighted by molar-refractivity contribution is 7.99. The minimum atomic E-state index is -0.924. The fraction of sp³-hybridized carbons (Fsp3) is 0.652. The van der Waals surface area contributed by atoms with E-state index in [4.69, 9.17) is 9.84 Å². The van der Waals surface area contributed by atoms with Gasteiger partial charge in [-0.3, -0.25) is 4.79 Å². The molecule has 0 spiro atoms. The van der Waals surface area contributed by atoms with Crippen LogP contribution in [0.15, 0.2) is 29.2 Å². The maximum atomic E-state index is 11.2. The number of hydrogen-bond donors (Lipinski definition) is 2. The molecule has 1 aromatic carbocycles. The van der Waals surface area contributed by atoms with Crippen LogP contribution in [0.25, 0.3) is 0 Å². The third kappa shape index (κ3) is 12.5. The Morgan fingerprint density at radius 2 is 1.45 bits per heavy atom. The zero-order valence-corrected chi connectivity index (χ0v) is 18.4. The van der Waals surface area contributed by atoms with E-state index in [1.54, 1.807) is 11.8 Å². The van der Waals surface area contributed by atoms with Gasteiger partial charge in [-0.1, -0.05) is 70.4 Å². The first-order valence-corrected chi connectivity index (χ1v) is 11.9. The van der Waals surface area contributed by atoms with E-state index in [1.807, 2.05) is 31.2 Å². The number of carbonyl (C=O) groups is 2. The standard InChI is InChI=1S/C23H36O5S/c1-2-19(23(26)27)28-20-15-12-13-16-21(20)29-18-14-10-8-6-4-3-5-7-9-11-17-22(24)25/h12-13,15-16,19H,2-11,14,17-18H2,1H3,(H,24,25)(H,26,27). The molecule has 0 radical (unpaired) electrons. The molecular weight excluding hydrogens is 388 g/mol. The van der Waals surface area contributed by atoms with Gasteiger partial charge in [-0.2, -0.15) is 0 Å². The van der Waals surface area contributed by atoms with Gasteiger partial charge in [0.15, 0.2) is 6.10 Å². The monoisotopic (exact) mass is 424 g/mol. The largest absolute Gasteiger partial charge is 0.481 e. The average Bonchev–Trinajstić information content (AvgIpc) is 2.70. The predicted octanol–water partition coefficient (Wildman–Crippen LogP) is 6.40. The van der Waals surface area contributed by atoms with Crippen molar-refractivity contribution in [2.24, 2.45) is 0 Å². The summed E-state index contributed by atoms with van der Waals surface area (Å²) >= 11 is 1.73. The van der Waals surface area contributed by atoms with Crippen LogP contribution in [0.3, 0.4) is 0 Å². The number of hydrogen-bond acceptors (Lipinski definition) is 4. The van der Waals surface area contributed by atoms with E-state index in [9.17, 15) is 14.7 Å². The van der Waals surface area contributed by atoms with Crippen LogP contribution in [-0.4, -0.2) is 34.0 Å². The molecule has 1 rings (SSSR count). The molecule has 164 valence electrons. The molecular formula is C23H36O5S. The molecule has 0 heterocycles. The molecule has 0 amide bonds. The lowest BCUT2D eigenvalue weighted by atomic mass is 10.1. The Morgan fingerprint density at radius 1 is 0.897 bits per heavy atom. The van der Waals surface area contributed by atoms with Crippen LogP contribution in [0.5, 0.6) is 5.75 Å². The van der Waals surface area contributed by atoms with Gasteiger partial charge in [-0.15, -0.1) is 11.8 Å². The summed E-state index contributed by atoms with van der Waals surface area (Å²) in [4.78, 5) is 22.6. The second-order valence-corrected chi connectivity index (χ2v) is 8.46. The predicted molar refractivity (Wildman–Crippen MR) is 118 cm³/mol. The van der Waals surface area contributed by atoms with Gasteiger partial charge in [0, 0.05) is 11.3 Å². The van der Waals surface area contributed by atoms with Crippen LogP contribution < -0.4 is 4.74 Å². The minimum absolute atomic E-state index is 0.299. The van der Waals surface area contributed by atoms with E-state index < -0.39 is 18.0 Å². The first kappa shape index (κ1) is 25.3. The van der Waals surface area contributed by atoms with Crippen molar-refractivity contribution in [1.82, 2.24) is 0 Å². The molecule has 29 heavy (non-hydrogen) atoms. The molecule has 0 aliphatic carbocycles. The van der Waals surface area contributed by atoms with Gasteiger partial charge in [0.25, 0.3) is 0 Å². The lowest BCUT2D eigenvalue weighted by molar-refractivity contribution is -0.145. The maximum Gasteiger partial charge on any atom is 0.344 e. The summed E-state index contributed by atoms with van der Waals surface area (Å²) in [5.74, 6) is 0.0561. The van der Waals surface area contributed by atoms with Gasteiger partial charge >= 0.3 is 11.9 Å². The van der Waals surface area contributed by atoms with E-state index in [0.29, 0.717) is 18.6 Å². The molecule has 0 fully saturated rings. The summed E-state index contributed by atoms with van der Waals surface area (Å²) in [6.45, 7) is 1.81. The quantitative estimate of drug-likeness (QED) is 0.210. The summed E-state index contributed by atoms with van der Waals surface area (Å²) in [7, 11) is 0. The number of carboxylic acid groups (broad SMARTS) is 2. The zero-order valence-electron chi connectivity index (χ0n) is 17.6. The van der Waals surface area contributed by atoms with Crippen molar-refractivity contribution in [3.05, 3.63) is 24.3 Å². The lowest BCUT2D eigenvalue weighted by Crippen LogP contribution is -2.26. The molecule has 1 aromatic rings. The Bertz CT molecular complexity index is 590. The molecule has 0 aromatic heterocycles. The highest BCUT2D eigenvalue weighted by atomic mass is 32.2. The van der Waals surface area contributed by atoms with Gasteiger partial charge in [-0.25, -0.2) is 4.79 Å². The second kappa shape index (κ2) is 16.1. The van der Waals surface area contributed by atoms with E-state index in [2.05, 4.69) is 0 Å². The summed E-state index contributed by atoms with van der Waals surface area (Å²) < 4.78 is 5.68. The van der Waals surface area contributed by atoms with Crippen LogP contribution in [0, 0.1) is 0 Å². The number of aliphatic carboxylic acids is 2. The molecule has 0 saturated heterocycles. The first-order chi connectivity index (χ1) is 14.0. The molecule has 0 aliphatic heterocycles. The van der Waals surface area contributed by atoms with Crippen molar-refractivity contribution in [1.29, 1.82) is 0 Å². The summed E-state index contributed by atoms with van der Waals surface area (Å²) in [6.07, 6.45) is 11.5. The maximum absolute atomic E-state index is 11.2. The Labute approximate surface area is 179 Å². The summed E-state index contributed by atoms with van der Waals surface area (Å²) in [5.41, 5.74) is 0. The Morgan fingerprint density at radius 3 is 2.00 bits per heavy atom. The van der Waals surface area contributed by atoms with E-state index in [0.717, 1.165) is 36.3 Å². The fourth-order valence-corrected chi connectivity index (χ4v) is 4.10.